The Bertz CT molecular complexity index is 1450. The van der Waals surface area contributed by atoms with Gasteiger partial charge >= 0.3 is 6.18 Å². The highest BCUT2D eigenvalue weighted by molar-refractivity contribution is 5.94. The predicted octanol–water partition coefficient (Wildman–Crippen LogP) is 4.01. The highest BCUT2D eigenvalue weighted by Gasteiger charge is 2.66. The van der Waals surface area contributed by atoms with Crippen molar-refractivity contribution < 1.29 is 32.5 Å². The van der Waals surface area contributed by atoms with Crippen molar-refractivity contribution in [3.05, 3.63) is 58.7 Å². The summed E-state index contributed by atoms with van der Waals surface area (Å²) in [6.45, 7) is 1.84. The molecule has 1 spiro atoms. The smallest absolute Gasteiger partial charge is 0.416 e. The molecule has 0 radical (unpaired) electrons. The molecule has 0 aromatic heterocycles. The molecule has 6 nitrogen and oxygen atoms in total. The van der Waals surface area contributed by atoms with Gasteiger partial charge in [0.05, 0.1) is 24.8 Å². The number of hydrogen-bond donors (Lipinski definition) is 1. The van der Waals surface area contributed by atoms with Crippen LogP contribution in [0.1, 0.15) is 47.9 Å². The van der Waals surface area contributed by atoms with Gasteiger partial charge in [-0.3, -0.25) is 9.69 Å². The number of ether oxygens (including phenoxy) is 2. The largest absolute Gasteiger partial charge is 0.493 e. The lowest BCUT2D eigenvalue weighted by atomic mass is 9.51. The monoisotopic (exact) mass is 566 g/mol. The Balaban J connectivity index is 1.18. The van der Waals surface area contributed by atoms with Crippen LogP contribution in [0.2, 0.25) is 0 Å². The van der Waals surface area contributed by atoms with Gasteiger partial charge in [-0.15, -0.1) is 0 Å². The van der Waals surface area contributed by atoms with Crippen LogP contribution in [-0.2, 0) is 22.8 Å². The SMILES string of the molecule is COc1ccc2c3c1O[C@H]1[C@@H](N(C)C(=O)C#Cc4ccc(C(F)(F)F)cc4)CC[C@H]4[C@@H](C2)N(CC2CC2O)CC[C@@]341. The van der Waals surface area contributed by atoms with Crippen molar-refractivity contribution in [3.8, 4) is 23.3 Å². The first-order valence-electron chi connectivity index (χ1n) is 14.4. The van der Waals surface area contributed by atoms with Gasteiger partial charge in [0, 0.05) is 48.0 Å². The van der Waals surface area contributed by atoms with Crippen LogP contribution in [0.3, 0.4) is 0 Å². The zero-order valence-electron chi connectivity index (χ0n) is 23.1. The maximum absolute atomic E-state index is 13.3. The maximum Gasteiger partial charge on any atom is 0.416 e. The summed E-state index contributed by atoms with van der Waals surface area (Å²) in [6.07, 6.45) is -0.410. The van der Waals surface area contributed by atoms with Crippen LogP contribution < -0.4 is 9.47 Å². The molecule has 9 heteroatoms. The number of carbonyl (C=O) groups is 1. The van der Waals surface area contributed by atoms with Gasteiger partial charge in [0.15, 0.2) is 11.5 Å². The number of aliphatic hydroxyl groups excluding tert-OH is 1. The second-order valence-electron chi connectivity index (χ2n) is 12.3. The number of likely N-dealkylation sites (N-methyl/N-ethyl adjacent to an activating group) is 1. The maximum atomic E-state index is 13.3. The molecule has 3 fully saturated rings. The summed E-state index contributed by atoms with van der Waals surface area (Å²) in [4.78, 5) is 17.6. The van der Waals surface area contributed by atoms with E-state index in [1.807, 2.05) is 6.07 Å². The van der Waals surface area contributed by atoms with Crippen molar-refractivity contribution in [2.75, 3.05) is 27.2 Å². The molecule has 1 saturated heterocycles. The quantitative estimate of drug-likeness (QED) is 0.567. The van der Waals surface area contributed by atoms with E-state index in [-0.39, 0.29) is 29.6 Å². The minimum Gasteiger partial charge on any atom is -0.493 e. The molecule has 7 rings (SSSR count). The van der Waals surface area contributed by atoms with Crippen molar-refractivity contribution in [1.29, 1.82) is 0 Å². The first kappa shape index (κ1) is 26.7. The van der Waals surface area contributed by atoms with Crippen LogP contribution in [0.4, 0.5) is 13.2 Å². The molecule has 2 aliphatic heterocycles. The fourth-order valence-electron chi connectivity index (χ4n) is 8.21. The molecule has 2 aromatic carbocycles. The Kier molecular flexibility index (Phi) is 6.11. The molecular formula is C32H33F3N2O4. The van der Waals surface area contributed by atoms with Crippen molar-refractivity contribution >= 4 is 5.91 Å². The van der Waals surface area contributed by atoms with Crippen molar-refractivity contribution in [3.63, 3.8) is 0 Å². The third-order valence-electron chi connectivity index (χ3n) is 10.3. The standard InChI is InChI=1S/C32H33F3N2O4/c1-36(27(39)12-5-18-3-7-21(8-4-18)32(33,34)35)23-10-9-22-24-15-19-6-11-26(40-2)29-28(19)31(22,30(23)41-29)13-14-37(24)17-20-16-25(20)38/h3-4,6-8,11,20,22-25,30,38H,9-10,13-17H2,1-2H3/t20?,22-,23-,24+,25?,30-,31-/m0/s1. The summed E-state index contributed by atoms with van der Waals surface area (Å²) in [5, 5.41) is 10.0. The van der Waals surface area contributed by atoms with E-state index in [1.165, 1.54) is 23.3 Å². The van der Waals surface area contributed by atoms with Gasteiger partial charge in [-0.2, -0.15) is 13.2 Å². The van der Waals surface area contributed by atoms with Gasteiger partial charge in [-0.25, -0.2) is 0 Å². The lowest BCUT2D eigenvalue weighted by Gasteiger charge is -2.60. The molecule has 7 atom stereocenters. The minimum absolute atomic E-state index is 0.181. The number of carbonyl (C=O) groups excluding carboxylic acids is 1. The molecule has 2 saturated carbocycles. The molecule has 3 aliphatic carbocycles. The topological polar surface area (TPSA) is 62.2 Å². The second-order valence-corrected chi connectivity index (χ2v) is 12.3. The number of rotatable bonds is 4. The number of piperidine rings is 1. The number of methoxy groups -OCH3 is 1. The Morgan fingerprint density at radius 3 is 2.66 bits per heavy atom. The normalized spacial score (nSPS) is 32.7. The average Bonchev–Trinajstić information content (AvgIpc) is 3.54. The molecule has 2 unspecified atom stereocenters. The molecular weight excluding hydrogens is 533 g/mol. The van der Waals surface area contributed by atoms with Gasteiger partial charge in [0.2, 0.25) is 0 Å². The van der Waals surface area contributed by atoms with Crippen molar-refractivity contribution in [1.82, 2.24) is 9.80 Å². The summed E-state index contributed by atoms with van der Waals surface area (Å²) in [6, 6.07) is 8.82. The van der Waals surface area contributed by atoms with Crippen LogP contribution in [-0.4, -0.2) is 72.4 Å². The molecule has 2 aromatic rings. The van der Waals surface area contributed by atoms with E-state index in [0.717, 1.165) is 63.1 Å². The first-order chi connectivity index (χ1) is 19.6. The summed E-state index contributed by atoms with van der Waals surface area (Å²) < 4.78 is 51.3. The van der Waals surface area contributed by atoms with Crippen LogP contribution in [0.15, 0.2) is 36.4 Å². The molecule has 1 N–H and O–H groups in total. The van der Waals surface area contributed by atoms with E-state index >= 15 is 0 Å². The molecule has 216 valence electrons. The zero-order valence-corrected chi connectivity index (χ0v) is 23.1. The van der Waals surface area contributed by atoms with E-state index in [2.05, 4.69) is 22.8 Å². The van der Waals surface area contributed by atoms with E-state index in [1.54, 1.807) is 19.1 Å². The number of aliphatic hydroxyl groups is 1. The minimum atomic E-state index is -4.42. The molecule has 2 heterocycles. The van der Waals surface area contributed by atoms with Crippen LogP contribution >= 0.6 is 0 Å². The van der Waals surface area contributed by atoms with Crippen LogP contribution in [0.5, 0.6) is 11.5 Å². The summed E-state index contributed by atoms with van der Waals surface area (Å²) in [5.41, 5.74) is 1.89. The number of nitrogens with zero attached hydrogens (tertiary/aromatic N) is 2. The van der Waals surface area contributed by atoms with Crippen molar-refractivity contribution in [2.24, 2.45) is 11.8 Å². The number of alkyl halides is 3. The Labute approximate surface area is 237 Å². The van der Waals surface area contributed by atoms with E-state index in [4.69, 9.17) is 9.47 Å². The van der Waals surface area contributed by atoms with Gasteiger partial charge in [0.25, 0.3) is 5.91 Å². The molecule has 2 bridgehead atoms. The number of likely N-dealkylation sites (tertiary alicyclic amines) is 1. The summed E-state index contributed by atoms with van der Waals surface area (Å²) in [7, 11) is 3.40. The van der Waals surface area contributed by atoms with Crippen molar-refractivity contribution in [2.45, 2.75) is 68.0 Å². The number of benzene rings is 2. The third kappa shape index (κ3) is 4.13. The lowest BCUT2D eigenvalue weighted by Crippen LogP contribution is -2.69. The second kappa shape index (κ2) is 9.40. The van der Waals surface area contributed by atoms with Gasteiger partial charge in [-0.05, 0) is 80.5 Å². The van der Waals surface area contributed by atoms with E-state index in [0.29, 0.717) is 29.2 Å². The molecule has 5 aliphatic rings. The van der Waals surface area contributed by atoms with Gasteiger partial charge in [0.1, 0.15) is 6.10 Å². The van der Waals surface area contributed by atoms with Gasteiger partial charge in [-0.1, -0.05) is 12.0 Å². The van der Waals surface area contributed by atoms with E-state index < -0.39 is 11.7 Å². The average molecular weight is 567 g/mol. The van der Waals surface area contributed by atoms with Crippen LogP contribution in [0.25, 0.3) is 0 Å². The molecule has 1 amide bonds. The number of hydrogen-bond acceptors (Lipinski definition) is 5. The highest BCUT2D eigenvalue weighted by Crippen LogP contribution is 2.64. The first-order valence-corrected chi connectivity index (χ1v) is 14.4. The fraction of sp³-hybridized carbons (Fsp3) is 0.531. The number of halogens is 3. The molecule has 41 heavy (non-hydrogen) atoms. The number of amides is 1. The predicted molar refractivity (Wildman–Crippen MR) is 144 cm³/mol. The highest BCUT2D eigenvalue weighted by atomic mass is 19.4. The Morgan fingerprint density at radius 2 is 1.98 bits per heavy atom. The van der Waals surface area contributed by atoms with E-state index in [9.17, 15) is 23.1 Å². The zero-order chi connectivity index (χ0) is 28.7. The summed E-state index contributed by atoms with van der Waals surface area (Å²) >= 11 is 0. The lowest BCUT2D eigenvalue weighted by molar-refractivity contribution is -0.137. The Hall–Kier alpha value is -3.22. The fourth-order valence-corrected chi connectivity index (χ4v) is 8.21. The summed E-state index contributed by atoms with van der Waals surface area (Å²) in [5.74, 6) is 7.25. The van der Waals surface area contributed by atoms with Crippen LogP contribution in [0, 0.1) is 23.7 Å². The van der Waals surface area contributed by atoms with Gasteiger partial charge < -0.3 is 19.5 Å². The Morgan fingerprint density at radius 1 is 1.22 bits per heavy atom. The third-order valence-corrected chi connectivity index (χ3v) is 10.3.